The van der Waals surface area contributed by atoms with Gasteiger partial charge in [-0.25, -0.2) is 0 Å². The van der Waals surface area contributed by atoms with Crippen LogP contribution >= 0.6 is 0 Å². The largest absolute Gasteiger partial charge is 0.393 e. The highest BCUT2D eigenvalue weighted by atomic mass is 16.4. The Hall–Kier alpha value is -0.460. The zero-order valence-corrected chi connectivity index (χ0v) is 6.33. The molecule has 0 heterocycles. The number of hydrogen-bond acceptors (Lipinski definition) is 5. The Bertz CT molecular complexity index is 192. The van der Waals surface area contributed by atoms with Crippen LogP contribution in [0.3, 0.4) is 0 Å². The zero-order valence-electron chi connectivity index (χ0n) is 6.33. The van der Waals surface area contributed by atoms with Crippen LogP contribution in [0.5, 0.6) is 0 Å². The molecule has 0 saturated carbocycles. The van der Waals surface area contributed by atoms with E-state index >= 15 is 0 Å². The Morgan fingerprint density at radius 2 is 1.75 bits per heavy atom. The predicted octanol–water partition coefficient (Wildman–Crippen LogP) is -2.64. The molecule has 0 aromatic carbocycles. The van der Waals surface area contributed by atoms with Crippen LogP contribution in [0.15, 0.2) is 12.2 Å². The van der Waals surface area contributed by atoms with Gasteiger partial charge in [0.05, 0.1) is 6.61 Å². The van der Waals surface area contributed by atoms with E-state index in [2.05, 4.69) is 0 Å². The molecular weight excluding hydrogens is 164 g/mol. The van der Waals surface area contributed by atoms with Crippen molar-refractivity contribution in [3.05, 3.63) is 12.2 Å². The second-order valence-corrected chi connectivity index (χ2v) is 2.91. The van der Waals surface area contributed by atoms with Crippen LogP contribution < -0.4 is 0 Å². The van der Waals surface area contributed by atoms with Gasteiger partial charge in [0.1, 0.15) is 23.9 Å². The molecule has 1 rings (SSSR count). The van der Waals surface area contributed by atoms with E-state index in [1.165, 1.54) is 6.08 Å². The highest BCUT2D eigenvalue weighted by molar-refractivity contribution is 5.14. The molecule has 5 nitrogen and oxygen atoms in total. The smallest absolute Gasteiger partial charge is 0.145 e. The summed E-state index contributed by atoms with van der Waals surface area (Å²) in [7, 11) is 0. The highest BCUT2D eigenvalue weighted by Crippen LogP contribution is 2.24. The van der Waals surface area contributed by atoms with Gasteiger partial charge in [-0.1, -0.05) is 12.2 Å². The lowest BCUT2D eigenvalue weighted by Crippen LogP contribution is -2.60. The fraction of sp³-hybridized carbons (Fsp3) is 0.714. The first-order chi connectivity index (χ1) is 5.52. The molecule has 0 bridgehead atoms. The quantitative estimate of drug-likeness (QED) is 0.281. The van der Waals surface area contributed by atoms with Crippen LogP contribution in [0.4, 0.5) is 0 Å². The number of rotatable bonds is 1. The minimum Gasteiger partial charge on any atom is -0.393 e. The van der Waals surface area contributed by atoms with Crippen molar-refractivity contribution in [3.63, 3.8) is 0 Å². The van der Waals surface area contributed by atoms with E-state index in [-0.39, 0.29) is 0 Å². The molecule has 12 heavy (non-hydrogen) atoms. The van der Waals surface area contributed by atoms with Crippen molar-refractivity contribution >= 4 is 0 Å². The summed E-state index contributed by atoms with van der Waals surface area (Å²) in [5.41, 5.74) is -2.06. The molecule has 0 saturated heterocycles. The van der Waals surface area contributed by atoms with Gasteiger partial charge in [-0.2, -0.15) is 0 Å². The van der Waals surface area contributed by atoms with E-state index in [0.29, 0.717) is 0 Å². The van der Waals surface area contributed by atoms with Crippen molar-refractivity contribution in [2.45, 2.75) is 23.9 Å². The normalized spacial score (nSPS) is 47.9. The third-order valence-corrected chi connectivity index (χ3v) is 2.09. The maximum atomic E-state index is 9.43. The molecule has 0 aromatic heterocycles. The molecule has 0 aromatic rings. The van der Waals surface area contributed by atoms with Crippen molar-refractivity contribution < 1.29 is 25.5 Å². The summed E-state index contributed by atoms with van der Waals surface area (Å²) >= 11 is 0. The average molecular weight is 176 g/mol. The van der Waals surface area contributed by atoms with E-state index in [4.69, 9.17) is 15.3 Å². The molecule has 0 unspecified atom stereocenters. The van der Waals surface area contributed by atoms with Gasteiger partial charge >= 0.3 is 0 Å². The summed E-state index contributed by atoms with van der Waals surface area (Å²) in [4.78, 5) is 0. The summed E-state index contributed by atoms with van der Waals surface area (Å²) < 4.78 is 0. The maximum absolute atomic E-state index is 9.43. The fourth-order valence-electron chi connectivity index (χ4n) is 1.15. The van der Waals surface area contributed by atoms with Crippen molar-refractivity contribution in [2.24, 2.45) is 0 Å². The van der Waals surface area contributed by atoms with Crippen LogP contribution in [-0.4, -0.2) is 56.1 Å². The molecule has 70 valence electrons. The summed E-state index contributed by atoms with van der Waals surface area (Å²) in [6.45, 7) is -0.809. The van der Waals surface area contributed by atoms with Gasteiger partial charge < -0.3 is 25.5 Å². The summed E-state index contributed by atoms with van der Waals surface area (Å²) in [6, 6.07) is 0. The maximum Gasteiger partial charge on any atom is 0.145 e. The molecule has 0 amide bonds. The van der Waals surface area contributed by atoms with Gasteiger partial charge in [-0.05, 0) is 0 Å². The molecular formula is C7H12O5. The van der Waals surface area contributed by atoms with Crippen LogP contribution in [0.25, 0.3) is 0 Å². The van der Waals surface area contributed by atoms with Crippen LogP contribution in [0.2, 0.25) is 0 Å². The topological polar surface area (TPSA) is 101 Å². The number of aliphatic hydroxyl groups is 5. The second-order valence-electron chi connectivity index (χ2n) is 2.91. The molecule has 1 aliphatic carbocycles. The van der Waals surface area contributed by atoms with Gasteiger partial charge in [0, 0.05) is 0 Å². The van der Waals surface area contributed by atoms with Gasteiger partial charge in [0.25, 0.3) is 0 Å². The molecule has 0 fully saturated rings. The lowest BCUT2D eigenvalue weighted by atomic mass is 9.83. The Kier molecular flexibility index (Phi) is 2.50. The number of hydrogen-bond donors (Lipinski definition) is 5. The SMILES string of the molecule is OC[C@]1(O)[C@H](O)C=C[C@@H](O)[C@@H]1O. The molecule has 0 radical (unpaired) electrons. The lowest BCUT2D eigenvalue weighted by Gasteiger charge is -2.38. The predicted molar refractivity (Wildman–Crippen MR) is 39.2 cm³/mol. The van der Waals surface area contributed by atoms with Crippen LogP contribution in [-0.2, 0) is 0 Å². The standard InChI is InChI=1S/C7H12O5/c8-3-7(12)5(10)2-1-4(9)6(7)11/h1-2,4-6,8-12H,3H2/t4-,5-,6+,7+/m1/s1. The molecule has 5 heteroatoms. The highest BCUT2D eigenvalue weighted by Gasteiger charge is 2.46. The average Bonchev–Trinajstić information content (AvgIpc) is 2.08. The van der Waals surface area contributed by atoms with Gasteiger partial charge in [0.2, 0.25) is 0 Å². The monoisotopic (exact) mass is 176 g/mol. The van der Waals surface area contributed by atoms with Crippen molar-refractivity contribution in [1.29, 1.82) is 0 Å². The fourth-order valence-corrected chi connectivity index (χ4v) is 1.15. The summed E-state index contributed by atoms with van der Waals surface area (Å²) in [5, 5.41) is 45.5. The minimum absolute atomic E-state index is 0.809. The summed E-state index contributed by atoms with van der Waals surface area (Å²) in [5.74, 6) is 0. The molecule has 0 spiro atoms. The number of aliphatic hydroxyl groups excluding tert-OH is 4. The van der Waals surface area contributed by atoms with Gasteiger partial charge in [0.15, 0.2) is 0 Å². The molecule has 4 atom stereocenters. The zero-order chi connectivity index (χ0) is 9.35. The molecule has 5 N–H and O–H groups in total. The van der Waals surface area contributed by atoms with Crippen LogP contribution in [0.1, 0.15) is 0 Å². The third-order valence-electron chi connectivity index (χ3n) is 2.09. The van der Waals surface area contributed by atoms with Crippen molar-refractivity contribution in [2.75, 3.05) is 6.61 Å². The second kappa shape index (κ2) is 3.12. The Morgan fingerprint density at radius 1 is 1.17 bits per heavy atom. The van der Waals surface area contributed by atoms with Gasteiger partial charge in [-0.3, -0.25) is 0 Å². The molecule has 1 aliphatic rings. The Balaban J connectivity index is 2.91. The first kappa shape index (κ1) is 9.63. The van der Waals surface area contributed by atoms with Crippen molar-refractivity contribution in [1.82, 2.24) is 0 Å². The van der Waals surface area contributed by atoms with E-state index in [1.54, 1.807) is 0 Å². The van der Waals surface area contributed by atoms with Gasteiger partial charge in [-0.15, -0.1) is 0 Å². The molecule has 0 aliphatic heterocycles. The summed E-state index contributed by atoms with van der Waals surface area (Å²) in [6.07, 6.45) is -1.89. The Labute approximate surface area is 69.2 Å². The Morgan fingerprint density at radius 3 is 2.17 bits per heavy atom. The minimum atomic E-state index is -2.06. The van der Waals surface area contributed by atoms with E-state index in [9.17, 15) is 10.2 Å². The lowest BCUT2D eigenvalue weighted by molar-refractivity contribution is -0.182. The first-order valence-corrected chi connectivity index (χ1v) is 3.58. The van der Waals surface area contributed by atoms with Crippen LogP contribution in [0, 0.1) is 0 Å². The van der Waals surface area contributed by atoms with E-state index in [0.717, 1.165) is 6.08 Å². The third kappa shape index (κ3) is 1.26. The first-order valence-electron chi connectivity index (χ1n) is 3.58. The van der Waals surface area contributed by atoms with E-state index < -0.39 is 30.5 Å². The van der Waals surface area contributed by atoms with E-state index in [1.807, 2.05) is 0 Å². The van der Waals surface area contributed by atoms with Crippen molar-refractivity contribution in [3.8, 4) is 0 Å².